The van der Waals surface area contributed by atoms with Gasteiger partial charge in [0.15, 0.2) is 5.37 Å². The Morgan fingerprint density at radius 2 is 1.60 bits per heavy atom. The molecule has 1 atom stereocenters. The van der Waals surface area contributed by atoms with E-state index in [-0.39, 0.29) is 6.09 Å². The zero-order chi connectivity index (χ0) is 21.8. The quantitative estimate of drug-likeness (QED) is 0.380. The summed E-state index contributed by atoms with van der Waals surface area (Å²) >= 11 is 0. The van der Waals surface area contributed by atoms with E-state index in [0.717, 1.165) is 31.4 Å². The summed E-state index contributed by atoms with van der Waals surface area (Å²) in [4.78, 5) is 13.9. The van der Waals surface area contributed by atoms with Gasteiger partial charge in [0, 0.05) is 12.2 Å². The van der Waals surface area contributed by atoms with E-state index in [2.05, 4.69) is 5.32 Å². The molecule has 7 nitrogen and oxygen atoms in total. The van der Waals surface area contributed by atoms with Gasteiger partial charge in [-0.3, -0.25) is 14.8 Å². The van der Waals surface area contributed by atoms with Gasteiger partial charge < -0.3 is 4.74 Å². The number of para-hydroxylation sites is 1. The minimum absolute atomic E-state index is 0.324. The Morgan fingerprint density at radius 3 is 2.20 bits per heavy atom. The Labute approximate surface area is 178 Å². The lowest BCUT2D eigenvalue weighted by molar-refractivity contribution is 0.159. The number of unbranched alkanes of at least 4 members (excludes halogenated alkanes) is 3. The zero-order valence-corrected chi connectivity index (χ0v) is 18.1. The summed E-state index contributed by atoms with van der Waals surface area (Å²) in [5, 5.41) is 1.79. The molecular weight excluding hydrogens is 404 g/mol. The number of ether oxygens (including phenoxy) is 1. The first-order valence-electron chi connectivity index (χ1n) is 10.2. The van der Waals surface area contributed by atoms with E-state index in [1.807, 2.05) is 30.3 Å². The highest BCUT2D eigenvalue weighted by molar-refractivity contribution is 7.86. The molecule has 1 amide bonds. The number of anilines is 1. The van der Waals surface area contributed by atoms with Crippen LogP contribution in [-0.4, -0.2) is 38.8 Å². The van der Waals surface area contributed by atoms with Crippen molar-refractivity contribution in [2.24, 2.45) is 0 Å². The van der Waals surface area contributed by atoms with Crippen LogP contribution in [0.4, 0.5) is 10.5 Å². The van der Waals surface area contributed by atoms with Crippen molar-refractivity contribution in [3.8, 4) is 0 Å². The van der Waals surface area contributed by atoms with Crippen molar-refractivity contribution in [2.45, 2.75) is 38.0 Å². The number of carbonyl (C=O) groups is 1. The van der Waals surface area contributed by atoms with E-state index < -0.39 is 15.5 Å². The number of amides is 1. The molecule has 0 aliphatic carbocycles. The summed E-state index contributed by atoms with van der Waals surface area (Å²) in [5.41, 5.74) is 1.31. The molecular formula is C22H30N2O5S. The molecule has 0 bridgehead atoms. The average molecular weight is 435 g/mol. The molecule has 0 aromatic heterocycles. The lowest BCUT2D eigenvalue weighted by Gasteiger charge is -2.22. The first kappa shape index (κ1) is 23.9. The van der Waals surface area contributed by atoms with Gasteiger partial charge in [-0.1, -0.05) is 61.4 Å². The van der Waals surface area contributed by atoms with Crippen LogP contribution in [0.1, 0.15) is 43.5 Å². The number of hydrogen-bond acceptors (Lipinski definition) is 5. The molecule has 0 unspecified atom stereocenters. The van der Waals surface area contributed by atoms with E-state index in [1.54, 1.807) is 42.2 Å². The third-order valence-electron chi connectivity index (χ3n) is 4.59. The fourth-order valence-corrected chi connectivity index (χ4v) is 3.97. The molecule has 0 spiro atoms. The van der Waals surface area contributed by atoms with Gasteiger partial charge >= 0.3 is 6.09 Å². The molecule has 2 N–H and O–H groups in total. The van der Waals surface area contributed by atoms with Gasteiger partial charge in [0.25, 0.3) is 10.1 Å². The van der Waals surface area contributed by atoms with Crippen LogP contribution in [0.25, 0.3) is 0 Å². The normalized spacial score (nSPS) is 12.3. The monoisotopic (exact) mass is 434 g/mol. The molecule has 0 saturated heterocycles. The van der Waals surface area contributed by atoms with Gasteiger partial charge in [0.1, 0.15) is 0 Å². The number of nitrogens with one attached hydrogen (secondary N) is 1. The SMILES string of the molecule is CCOC(=O)N(CCCCCCN[C@H](c1ccccc1)S(=O)(=O)O)c1ccccc1. The second kappa shape index (κ2) is 12.3. The van der Waals surface area contributed by atoms with E-state index in [0.29, 0.717) is 25.3 Å². The zero-order valence-electron chi connectivity index (χ0n) is 17.2. The van der Waals surface area contributed by atoms with E-state index in [9.17, 15) is 17.8 Å². The molecule has 0 heterocycles. The molecule has 2 rings (SSSR count). The van der Waals surface area contributed by atoms with Crippen LogP contribution in [0.2, 0.25) is 0 Å². The van der Waals surface area contributed by atoms with Gasteiger partial charge in [-0.15, -0.1) is 0 Å². The van der Waals surface area contributed by atoms with Crippen molar-refractivity contribution in [3.63, 3.8) is 0 Å². The third-order valence-corrected chi connectivity index (χ3v) is 5.63. The Balaban J connectivity index is 1.76. The summed E-state index contributed by atoms with van der Waals surface area (Å²) < 4.78 is 38.0. The molecule has 0 radical (unpaired) electrons. The van der Waals surface area contributed by atoms with E-state index >= 15 is 0 Å². The van der Waals surface area contributed by atoms with Crippen molar-refractivity contribution < 1.29 is 22.5 Å². The summed E-state index contributed by atoms with van der Waals surface area (Å²) in [6.07, 6.45) is 2.94. The summed E-state index contributed by atoms with van der Waals surface area (Å²) in [6, 6.07) is 18.0. The van der Waals surface area contributed by atoms with Gasteiger partial charge in [0.2, 0.25) is 0 Å². The van der Waals surface area contributed by atoms with Crippen LogP contribution in [0.15, 0.2) is 60.7 Å². The number of carbonyl (C=O) groups excluding carboxylic acids is 1. The van der Waals surface area contributed by atoms with Crippen molar-refractivity contribution >= 4 is 21.9 Å². The largest absolute Gasteiger partial charge is 0.449 e. The fourth-order valence-electron chi connectivity index (χ4n) is 3.14. The third kappa shape index (κ3) is 7.78. The molecule has 2 aromatic carbocycles. The van der Waals surface area contributed by atoms with Crippen molar-refractivity contribution in [1.29, 1.82) is 0 Å². The lowest BCUT2D eigenvalue weighted by atomic mass is 10.1. The molecule has 8 heteroatoms. The maximum atomic E-state index is 12.2. The Hall–Kier alpha value is -2.42. The second-order valence-corrected chi connectivity index (χ2v) is 8.36. The highest BCUT2D eigenvalue weighted by Gasteiger charge is 2.23. The fraction of sp³-hybridized carbons (Fsp3) is 0.409. The van der Waals surface area contributed by atoms with Gasteiger partial charge in [0.05, 0.1) is 6.61 Å². The Morgan fingerprint density at radius 1 is 1.00 bits per heavy atom. The number of rotatable bonds is 12. The average Bonchev–Trinajstić information content (AvgIpc) is 2.73. The van der Waals surface area contributed by atoms with Crippen LogP contribution in [-0.2, 0) is 14.9 Å². The molecule has 0 fully saturated rings. The highest BCUT2D eigenvalue weighted by atomic mass is 32.2. The summed E-state index contributed by atoms with van der Waals surface area (Å²) in [5.74, 6) is 0. The smallest absolute Gasteiger partial charge is 0.414 e. The van der Waals surface area contributed by atoms with Crippen molar-refractivity contribution in [2.75, 3.05) is 24.6 Å². The second-order valence-electron chi connectivity index (χ2n) is 6.86. The first-order valence-corrected chi connectivity index (χ1v) is 11.7. The van der Waals surface area contributed by atoms with Gasteiger partial charge in [-0.05, 0) is 44.0 Å². The highest BCUT2D eigenvalue weighted by Crippen LogP contribution is 2.19. The van der Waals surface area contributed by atoms with Crippen LogP contribution < -0.4 is 10.2 Å². The van der Waals surface area contributed by atoms with Crippen LogP contribution >= 0.6 is 0 Å². The molecule has 0 aliphatic heterocycles. The summed E-state index contributed by atoms with van der Waals surface area (Å²) in [7, 11) is -4.24. The van der Waals surface area contributed by atoms with Crippen molar-refractivity contribution in [1.82, 2.24) is 5.32 Å². The lowest BCUT2D eigenvalue weighted by Crippen LogP contribution is -2.32. The standard InChI is InChI=1S/C22H30N2O5S/c1-2-29-22(25)24(20-15-9-6-10-16-20)18-12-4-3-11-17-23-21(30(26,27)28)19-13-7-5-8-14-19/h5-10,13-16,21,23H,2-4,11-12,17-18H2,1H3,(H,26,27,28)/t21-/m0/s1. The van der Waals surface area contributed by atoms with Crippen LogP contribution in [0.5, 0.6) is 0 Å². The number of nitrogens with zero attached hydrogens (tertiary/aromatic N) is 1. The Kier molecular flexibility index (Phi) is 9.79. The van der Waals surface area contributed by atoms with Gasteiger partial charge in [-0.2, -0.15) is 8.42 Å². The predicted molar refractivity (Wildman–Crippen MR) is 118 cm³/mol. The number of hydrogen-bond donors (Lipinski definition) is 2. The van der Waals surface area contributed by atoms with E-state index in [1.165, 1.54) is 0 Å². The predicted octanol–water partition coefficient (Wildman–Crippen LogP) is 4.39. The maximum Gasteiger partial charge on any atom is 0.414 e. The minimum atomic E-state index is -4.24. The molecule has 0 aliphatic rings. The molecule has 2 aromatic rings. The maximum absolute atomic E-state index is 12.2. The number of benzene rings is 2. The topological polar surface area (TPSA) is 95.9 Å². The first-order chi connectivity index (χ1) is 14.4. The Bertz CT molecular complexity index is 860. The minimum Gasteiger partial charge on any atom is -0.449 e. The van der Waals surface area contributed by atoms with E-state index in [4.69, 9.17) is 4.74 Å². The van der Waals surface area contributed by atoms with Crippen LogP contribution in [0, 0.1) is 0 Å². The summed E-state index contributed by atoms with van der Waals surface area (Å²) in [6.45, 7) is 3.11. The van der Waals surface area contributed by atoms with Crippen molar-refractivity contribution in [3.05, 3.63) is 66.2 Å². The molecule has 164 valence electrons. The van der Waals surface area contributed by atoms with Crippen LogP contribution in [0.3, 0.4) is 0 Å². The molecule has 0 saturated carbocycles. The molecule has 30 heavy (non-hydrogen) atoms. The van der Waals surface area contributed by atoms with Gasteiger partial charge in [-0.25, -0.2) is 4.79 Å².